The van der Waals surface area contributed by atoms with Crippen molar-refractivity contribution in [1.29, 1.82) is 0 Å². The van der Waals surface area contributed by atoms with Crippen LogP contribution in [0.1, 0.15) is 28.8 Å². The van der Waals surface area contributed by atoms with E-state index in [0.29, 0.717) is 61.9 Å². The van der Waals surface area contributed by atoms with Crippen LogP contribution in [0, 0.1) is 5.82 Å². The lowest BCUT2D eigenvalue weighted by atomic mass is 10.1. The number of aliphatic imine (C=N–C) groups is 1. The molecule has 236 valence electrons. The third-order valence-electron chi connectivity index (χ3n) is 7.34. The summed E-state index contributed by atoms with van der Waals surface area (Å²) in [7, 11) is 3.16. The Morgan fingerprint density at radius 3 is 2.30 bits per heavy atom. The van der Waals surface area contributed by atoms with Crippen LogP contribution in [0.3, 0.4) is 0 Å². The first-order valence-electron chi connectivity index (χ1n) is 14.1. The van der Waals surface area contributed by atoms with E-state index in [1.165, 1.54) is 12.1 Å². The molecule has 2 N–H and O–H groups in total. The van der Waals surface area contributed by atoms with Gasteiger partial charge in [-0.2, -0.15) is 13.2 Å². The maximum absolute atomic E-state index is 15.5. The second kappa shape index (κ2) is 14.4. The average Bonchev–Trinajstić information content (AvgIpc) is 3.45. The minimum absolute atomic E-state index is 0.0476. The van der Waals surface area contributed by atoms with Crippen molar-refractivity contribution >= 4 is 28.9 Å². The van der Waals surface area contributed by atoms with Crippen molar-refractivity contribution in [2.75, 3.05) is 63.7 Å². The third kappa shape index (κ3) is 8.82. The second-order valence-corrected chi connectivity index (χ2v) is 10.4. The Morgan fingerprint density at radius 1 is 1.00 bits per heavy atom. The molecule has 2 aliphatic heterocycles. The van der Waals surface area contributed by atoms with E-state index < -0.39 is 30.2 Å². The summed E-state index contributed by atoms with van der Waals surface area (Å²) in [4.78, 5) is 33.4. The Labute approximate surface area is 253 Å². The molecule has 44 heavy (non-hydrogen) atoms. The van der Waals surface area contributed by atoms with E-state index in [-0.39, 0.29) is 24.3 Å². The number of alkyl halides is 3. The number of anilines is 2. The van der Waals surface area contributed by atoms with Crippen molar-refractivity contribution < 1.29 is 36.6 Å². The van der Waals surface area contributed by atoms with Crippen LogP contribution >= 0.6 is 0 Å². The summed E-state index contributed by atoms with van der Waals surface area (Å²) in [6, 6.07) is 8.27. The first kappa shape index (κ1) is 32.5. The summed E-state index contributed by atoms with van der Waals surface area (Å²) in [6.07, 6.45) is -1.16. The fraction of sp³-hybridized carbons (Fsp3) is 0.387. The van der Waals surface area contributed by atoms with Crippen molar-refractivity contribution in [3.8, 4) is 11.5 Å². The van der Waals surface area contributed by atoms with Gasteiger partial charge in [0.25, 0.3) is 5.91 Å². The van der Waals surface area contributed by atoms with Gasteiger partial charge < -0.3 is 25.0 Å². The number of hydrogen-bond acceptors (Lipinski definition) is 7. The van der Waals surface area contributed by atoms with E-state index in [0.717, 1.165) is 17.4 Å². The predicted octanol–water partition coefficient (Wildman–Crippen LogP) is 4.74. The molecule has 2 aromatic carbocycles. The highest BCUT2D eigenvalue weighted by Crippen LogP contribution is 2.29. The first-order valence-corrected chi connectivity index (χ1v) is 14.1. The molecule has 0 bridgehead atoms. The Kier molecular flexibility index (Phi) is 10.6. The summed E-state index contributed by atoms with van der Waals surface area (Å²) in [6.45, 7) is 4.94. The van der Waals surface area contributed by atoms with Gasteiger partial charge >= 0.3 is 6.18 Å². The van der Waals surface area contributed by atoms with Gasteiger partial charge in [-0.1, -0.05) is 6.58 Å². The quantitative estimate of drug-likeness (QED) is 0.264. The molecule has 2 aliphatic rings. The SMILES string of the molecule is C=CC(=O)Nc1cc(N2CCN(CCC(F)(F)F)CC2)cc(F)c1C(=O)NC1=CC(CCc2cc(OC)cc(OC)c2)=NC1. The van der Waals surface area contributed by atoms with Crippen molar-refractivity contribution in [2.45, 2.75) is 25.4 Å². The molecule has 0 spiro atoms. The minimum Gasteiger partial charge on any atom is -0.497 e. The van der Waals surface area contributed by atoms with Crippen LogP contribution < -0.4 is 25.0 Å². The van der Waals surface area contributed by atoms with E-state index in [9.17, 15) is 22.8 Å². The highest BCUT2D eigenvalue weighted by atomic mass is 19.4. The Morgan fingerprint density at radius 2 is 1.68 bits per heavy atom. The van der Waals surface area contributed by atoms with Crippen LogP contribution in [-0.4, -0.2) is 82.1 Å². The normalized spacial score (nSPS) is 15.4. The zero-order valence-electron chi connectivity index (χ0n) is 24.6. The number of carbonyl (C=O) groups excluding carboxylic acids is 2. The first-order chi connectivity index (χ1) is 21.0. The molecule has 0 atom stereocenters. The van der Waals surface area contributed by atoms with Crippen molar-refractivity contribution in [3.05, 3.63) is 71.7 Å². The Bertz CT molecular complexity index is 1430. The molecule has 0 radical (unpaired) electrons. The van der Waals surface area contributed by atoms with Gasteiger partial charge in [0.05, 0.1) is 38.4 Å². The number of piperazine rings is 1. The van der Waals surface area contributed by atoms with Gasteiger partial charge in [0.15, 0.2) is 0 Å². The molecule has 9 nitrogen and oxygen atoms in total. The number of halogens is 4. The number of nitrogens with one attached hydrogen (secondary N) is 2. The molecule has 0 aliphatic carbocycles. The number of benzene rings is 2. The lowest BCUT2D eigenvalue weighted by Crippen LogP contribution is -2.47. The number of aryl methyl sites for hydroxylation is 1. The monoisotopic (exact) mass is 617 g/mol. The number of allylic oxidation sites excluding steroid dienone is 1. The van der Waals surface area contributed by atoms with Crippen molar-refractivity contribution in [3.63, 3.8) is 0 Å². The van der Waals surface area contributed by atoms with Crippen LogP contribution in [-0.2, 0) is 11.2 Å². The van der Waals surface area contributed by atoms with E-state index in [4.69, 9.17) is 9.47 Å². The second-order valence-electron chi connectivity index (χ2n) is 10.4. The van der Waals surface area contributed by atoms with Gasteiger partial charge in [-0.25, -0.2) is 4.39 Å². The van der Waals surface area contributed by atoms with Crippen molar-refractivity contribution in [2.24, 2.45) is 4.99 Å². The van der Waals surface area contributed by atoms with Gasteiger partial charge in [0.1, 0.15) is 17.3 Å². The van der Waals surface area contributed by atoms with E-state index in [2.05, 4.69) is 22.2 Å². The largest absolute Gasteiger partial charge is 0.497 e. The predicted molar refractivity (Wildman–Crippen MR) is 160 cm³/mol. The molecular formula is C31H35F4N5O4. The van der Waals surface area contributed by atoms with Crippen LogP contribution in [0.2, 0.25) is 0 Å². The fourth-order valence-corrected chi connectivity index (χ4v) is 5.00. The number of methoxy groups -OCH3 is 2. The fourth-order valence-electron chi connectivity index (χ4n) is 5.00. The molecular weight excluding hydrogens is 582 g/mol. The smallest absolute Gasteiger partial charge is 0.390 e. The van der Waals surface area contributed by atoms with Crippen LogP contribution in [0.15, 0.2) is 59.8 Å². The average molecular weight is 618 g/mol. The zero-order valence-corrected chi connectivity index (χ0v) is 24.6. The molecule has 2 aromatic rings. The lowest BCUT2D eigenvalue weighted by molar-refractivity contribution is -0.138. The summed E-state index contributed by atoms with van der Waals surface area (Å²) in [5.41, 5.74) is 2.22. The van der Waals surface area contributed by atoms with Gasteiger partial charge in [-0.05, 0) is 54.8 Å². The van der Waals surface area contributed by atoms with Gasteiger partial charge in [-0.3, -0.25) is 19.5 Å². The van der Waals surface area contributed by atoms with Gasteiger partial charge in [0.2, 0.25) is 5.91 Å². The summed E-state index contributed by atoms with van der Waals surface area (Å²) in [5.74, 6) is -0.901. The van der Waals surface area contributed by atoms with Crippen LogP contribution in [0.5, 0.6) is 11.5 Å². The molecule has 1 fully saturated rings. The summed E-state index contributed by atoms with van der Waals surface area (Å²) in [5, 5.41) is 5.21. The molecule has 4 rings (SSSR count). The van der Waals surface area contributed by atoms with E-state index in [1.807, 2.05) is 12.1 Å². The Hall–Kier alpha value is -4.39. The molecule has 13 heteroatoms. The Balaban J connectivity index is 1.43. The molecule has 2 amide bonds. The summed E-state index contributed by atoms with van der Waals surface area (Å²) >= 11 is 0. The number of rotatable bonds is 12. The standard InChI is InChI=1S/C31H35F4N5O4/c1-4-28(41)38-27-17-23(40-11-9-39(10-12-40)8-7-31(33,34)35)16-26(32)29(27)30(42)37-22-15-21(36-19-22)6-5-20-13-24(43-2)18-25(14-20)44-3/h4,13-18H,1,5-12,19H2,2-3H3,(H,37,42)(H,38,41). The van der Waals surface area contributed by atoms with Crippen LogP contribution in [0.25, 0.3) is 0 Å². The lowest BCUT2D eigenvalue weighted by Gasteiger charge is -2.36. The molecule has 0 aromatic heterocycles. The number of nitrogens with zero attached hydrogens (tertiary/aromatic N) is 3. The molecule has 0 unspecified atom stereocenters. The minimum atomic E-state index is -4.23. The highest BCUT2D eigenvalue weighted by molar-refractivity contribution is 6.08. The number of ether oxygens (including phenoxy) is 2. The van der Waals surface area contributed by atoms with E-state index >= 15 is 4.39 Å². The number of carbonyl (C=O) groups is 2. The highest BCUT2D eigenvalue weighted by Gasteiger charge is 2.29. The summed E-state index contributed by atoms with van der Waals surface area (Å²) < 4.78 is 63.9. The van der Waals surface area contributed by atoms with Crippen molar-refractivity contribution in [1.82, 2.24) is 10.2 Å². The van der Waals surface area contributed by atoms with Crippen LogP contribution in [0.4, 0.5) is 28.9 Å². The zero-order chi connectivity index (χ0) is 31.9. The third-order valence-corrected chi connectivity index (χ3v) is 7.34. The maximum atomic E-state index is 15.5. The van der Waals surface area contributed by atoms with E-state index in [1.54, 1.807) is 36.2 Å². The molecule has 2 heterocycles. The molecule has 0 saturated carbocycles. The maximum Gasteiger partial charge on any atom is 0.390 e. The number of amides is 2. The number of hydrogen-bond donors (Lipinski definition) is 2. The molecule has 1 saturated heterocycles. The van der Waals surface area contributed by atoms with Gasteiger partial charge in [0, 0.05) is 55.9 Å². The van der Waals surface area contributed by atoms with Gasteiger partial charge in [-0.15, -0.1) is 0 Å². The topological polar surface area (TPSA) is 95.5 Å².